The Labute approximate surface area is 161 Å². The first-order chi connectivity index (χ1) is 12.7. The van der Waals surface area contributed by atoms with E-state index in [1.807, 2.05) is 0 Å². The lowest BCUT2D eigenvalue weighted by atomic mass is 9.77. The maximum absolute atomic E-state index is 2.38. The average molecular weight is 349 g/mol. The van der Waals surface area contributed by atoms with Crippen molar-refractivity contribution >= 4 is 0 Å². The van der Waals surface area contributed by atoms with E-state index in [1.54, 1.807) is 5.56 Å². The van der Waals surface area contributed by atoms with Crippen LogP contribution in [-0.4, -0.2) is 0 Å². The van der Waals surface area contributed by atoms with E-state index in [4.69, 9.17) is 0 Å². The molecule has 1 unspecified atom stereocenters. The summed E-state index contributed by atoms with van der Waals surface area (Å²) in [4.78, 5) is 0. The minimum atomic E-state index is 0.785. The quantitative estimate of drug-likeness (QED) is 0.475. The number of hydrogen-bond acceptors (Lipinski definition) is 0. The minimum Gasteiger partial charge on any atom is -0.0654 e. The van der Waals surface area contributed by atoms with Crippen LogP contribution < -0.4 is 0 Å². The highest BCUT2D eigenvalue weighted by Crippen LogP contribution is 2.37. The van der Waals surface area contributed by atoms with Gasteiger partial charge < -0.3 is 0 Å². The molecule has 0 nitrogen and oxygen atoms in total. The van der Waals surface area contributed by atoms with Gasteiger partial charge in [-0.2, -0.15) is 0 Å². The Morgan fingerprint density at radius 1 is 0.808 bits per heavy atom. The van der Waals surface area contributed by atoms with Gasteiger partial charge in [-0.05, 0) is 72.1 Å². The van der Waals surface area contributed by atoms with Gasteiger partial charge in [-0.3, -0.25) is 0 Å². The van der Waals surface area contributed by atoms with Crippen LogP contribution in [0.15, 0.2) is 48.5 Å². The van der Waals surface area contributed by atoms with E-state index in [0.29, 0.717) is 0 Å². The summed E-state index contributed by atoms with van der Waals surface area (Å²) in [7, 11) is 0. The second-order valence-corrected chi connectivity index (χ2v) is 8.54. The van der Waals surface area contributed by atoms with Crippen molar-refractivity contribution in [2.75, 3.05) is 0 Å². The number of rotatable bonds is 7. The maximum Gasteiger partial charge on any atom is -0.0162 e. The molecule has 26 heavy (non-hydrogen) atoms. The Hall–Kier alpha value is -1.56. The van der Waals surface area contributed by atoms with Gasteiger partial charge in [-0.1, -0.05) is 88.6 Å². The smallest absolute Gasteiger partial charge is 0.0162 e. The molecule has 1 atom stereocenters. The fraction of sp³-hybridized carbons (Fsp3) is 0.538. The molecule has 1 aliphatic carbocycles. The summed E-state index contributed by atoms with van der Waals surface area (Å²) in [5.74, 6) is 2.55. The Balaban J connectivity index is 1.61. The van der Waals surface area contributed by atoms with E-state index in [0.717, 1.165) is 17.8 Å². The van der Waals surface area contributed by atoms with Crippen LogP contribution in [0.4, 0.5) is 0 Å². The molecule has 0 radical (unpaired) electrons. The molecule has 2 aromatic carbocycles. The highest BCUT2D eigenvalue weighted by molar-refractivity contribution is 5.64. The first-order valence-electron chi connectivity index (χ1n) is 10.9. The van der Waals surface area contributed by atoms with Gasteiger partial charge in [0.1, 0.15) is 0 Å². The molecule has 140 valence electrons. The van der Waals surface area contributed by atoms with Crippen LogP contribution in [0.2, 0.25) is 0 Å². The normalized spacial score (nSPS) is 21.5. The van der Waals surface area contributed by atoms with Gasteiger partial charge in [0.2, 0.25) is 0 Å². The van der Waals surface area contributed by atoms with Crippen LogP contribution in [0.3, 0.4) is 0 Å². The zero-order valence-corrected chi connectivity index (χ0v) is 17.0. The van der Waals surface area contributed by atoms with Gasteiger partial charge in [0.15, 0.2) is 0 Å². The van der Waals surface area contributed by atoms with Crippen molar-refractivity contribution in [2.24, 2.45) is 11.8 Å². The first kappa shape index (κ1) is 19.2. The lowest BCUT2D eigenvalue weighted by Gasteiger charge is -2.28. The van der Waals surface area contributed by atoms with Gasteiger partial charge in [0.05, 0.1) is 0 Å². The van der Waals surface area contributed by atoms with E-state index >= 15 is 0 Å². The molecule has 1 aliphatic rings. The van der Waals surface area contributed by atoms with Gasteiger partial charge in [-0.25, -0.2) is 0 Å². The SMILES string of the molecule is CCCC(C)Cc1ccc(-c2ccc(C3CCC(CC)CC3)cc2)cc1. The summed E-state index contributed by atoms with van der Waals surface area (Å²) in [5, 5.41) is 0. The fourth-order valence-corrected chi connectivity index (χ4v) is 4.68. The molecule has 3 rings (SSSR count). The van der Waals surface area contributed by atoms with Crippen molar-refractivity contribution in [3.05, 3.63) is 59.7 Å². The van der Waals surface area contributed by atoms with E-state index in [2.05, 4.69) is 69.3 Å². The molecule has 0 heterocycles. The Bertz CT molecular complexity index is 641. The molecule has 0 bridgehead atoms. The maximum atomic E-state index is 2.38. The summed E-state index contributed by atoms with van der Waals surface area (Å²) in [6.45, 7) is 6.98. The molecule has 1 fully saturated rings. The van der Waals surface area contributed by atoms with Crippen LogP contribution in [0, 0.1) is 11.8 Å². The summed E-state index contributed by atoms with van der Waals surface area (Å²) in [6.07, 6.45) is 10.8. The molecule has 0 saturated heterocycles. The lowest BCUT2D eigenvalue weighted by molar-refractivity contribution is 0.319. The topological polar surface area (TPSA) is 0 Å². The molecule has 0 aromatic heterocycles. The van der Waals surface area contributed by atoms with Crippen LogP contribution in [0.1, 0.15) is 82.8 Å². The second kappa shape index (κ2) is 9.40. The van der Waals surface area contributed by atoms with Gasteiger partial charge in [0, 0.05) is 0 Å². The lowest BCUT2D eigenvalue weighted by Crippen LogP contribution is -2.12. The summed E-state index contributed by atoms with van der Waals surface area (Å²) in [6, 6.07) is 18.7. The van der Waals surface area contributed by atoms with Crippen LogP contribution >= 0.6 is 0 Å². The van der Waals surface area contributed by atoms with Crippen LogP contribution in [0.25, 0.3) is 11.1 Å². The van der Waals surface area contributed by atoms with Crippen molar-refractivity contribution in [2.45, 2.75) is 78.1 Å². The highest BCUT2D eigenvalue weighted by atomic mass is 14.3. The third kappa shape index (κ3) is 5.00. The largest absolute Gasteiger partial charge is 0.0654 e. The van der Waals surface area contributed by atoms with Crippen molar-refractivity contribution in [3.63, 3.8) is 0 Å². The molecule has 0 heteroatoms. The van der Waals surface area contributed by atoms with Gasteiger partial charge in [-0.15, -0.1) is 0 Å². The van der Waals surface area contributed by atoms with Gasteiger partial charge >= 0.3 is 0 Å². The molecule has 0 amide bonds. The third-order valence-electron chi connectivity index (χ3n) is 6.46. The van der Waals surface area contributed by atoms with Crippen LogP contribution in [-0.2, 0) is 6.42 Å². The van der Waals surface area contributed by atoms with Crippen molar-refractivity contribution in [1.29, 1.82) is 0 Å². The Kier molecular flexibility index (Phi) is 6.94. The first-order valence-corrected chi connectivity index (χ1v) is 10.9. The predicted molar refractivity (Wildman–Crippen MR) is 115 cm³/mol. The Morgan fingerprint density at radius 3 is 1.92 bits per heavy atom. The van der Waals surface area contributed by atoms with E-state index in [9.17, 15) is 0 Å². The Morgan fingerprint density at radius 2 is 1.38 bits per heavy atom. The number of hydrogen-bond donors (Lipinski definition) is 0. The van der Waals surface area contributed by atoms with Crippen molar-refractivity contribution in [1.82, 2.24) is 0 Å². The summed E-state index contributed by atoms with van der Waals surface area (Å²) < 4.78 is 0. The predicted octanol–water partition coefficient (Wildman–Crippen LogP) is 8.02. The summed E-state index contributed by atoms with van der Waals surface area (Å²) >= 11 is 0. The van der Waals surface area contributed by atoms with E-state index in [-0.39, 0.29) is 0 Å². The zero-order chi connectivity index (χ0) is 18.4. The molecular formula is C26H36. The highest BCUT2D eigenvalue weighted by Gasteiger charge is 2.21. The molecular weight excluding hydrogens is 312 g/mol. The number of benzene rings is 2. The standard InChI is InChI=1S/C26H36/c1-4-6-20(3)19-22-9-13-24(14-10-22)26-17-15-25(16-18-26)23-11-7-21(5-2)8-12-23/h9-10,13-18,20-21,23H,4-8,11-12,19H2,1-3H3. The third-order valence-corrected chi connectivity index (χ3v) is 6.46. The van der Waals surface area contributed by atoms with E-state index < -0.39 is 0 Å². The van der Waals surface area contributed by atoms with Crippen LogP contribution in [0.5, 0.6) is 0 Å². The van der Waals surface area contributed by atoms with Crippen molar-refractivity contribution in [3.8, 4) is 11.1 Å². The fourth-order valence-electron chi connectivity index (χ4n) is 4.68. The average Bonchev–Trinajstić information content (AvgIpc) is 2.69. The molecule has 0 aliphatic heterocycles. The van der Waals surface area contributed by atoms with Crippen molar-refractivity contribution < 1.29 is 0 Å². The monoisotopic (exact) mass is 348 g/mol. The molecule has 0 spiro atoms. The van der Waals surface area contributed by atoms with Gasteiger partial charge in [0.25, 0.3) is 0 Å². The molecule has 1 saturated carbocycles. The molecule has 0 N–H and O–H groups in total. The molecule has 2 aromatic rings. The minimum absolute atomic E-state index is 0.785. The zero-order valence-electron chi connectivity index (χ0n) is 17.0. The summed E-state index contributed by atoms with van der Waals surface area (Å²) in [5.41, 5.74) is 5.72. The van der Waals surface area contributed by atoms with E-state index in [1.165, 1.54) is 68.1 Å². The second-order valence-electron chi connectivity index (χ2n) is 8.54.